The Morgan fingerprint density at radius 1 is 1.10 bits per heavy atom. The van der Waals surface area contributed by atoms with Crippen molar-refractivity contribution in [3.8, 4) is 5.75 Å². The van der Waals surface area contributed by atoms with E-state index in [-0.39, 0.29) is 30.7 Å². The second kappa shape index (κ2) is 9.84. The van der Waals surface area contributed by atoms with Crippen LogP contribution in [0.15, 0.2) is 48.0 Å². The molecule has 4 nitrogen and oxygen atoms in total. The summed E-state index contributed by atoms with van der Waals surface area (Å²) < 4.78 is 20.5. The standard InChI is InChI=1S/C25H29FN2O2.ClH/c1-28(2,21-7-4-3-5-8-21)16-18-11-13-20(14-12-18)27-25(29)19-15-22-23(26)9-6-10-24(22)30-17-19;/h6,9-15,21H,3-5,7-8,16-17H2,1-2H3;1H. The van der Waals surface area contributed by atoms with Gasteiger partial charge in [0, 0.05) is 11.3 Å². The number of fused-ring (bicyclic) bond motifs is 1. The van der Waals surface area contributed by atoms with Crippen LogP contribution in [0.1, 0.15) is 43.2 Å². The van der Waals surface area contributed by atoms with Gasteiger partial charge in [-0.1, -0.05) is 24.6 Å². The highest BCUT2D eigenvalue weighted by atomic mass is 35.5. The zero-order chi connectivity index (χ0) is 21.1. The normalized spacial score (nSPS) is 16.4. The summed E-state index contributed by atoms with van der Waals surface area (Å²) >= 11 is 0. The van der Waals surface area contributed by atoms with Crippen molar-refractivity contribution < 1.29 is 30.8 Å². The van der Waals surface area contributed by atoms with Gasteiger partial charge in [0.2, 0.25) is 0 Å². The lowest BCUT2D eigenvalue weighted by Crippen LogP contribution is -3.00. The number of carbonyl (C=O) groups is 1. The van der Waals surface area contributed by atoms with E-state index >= 15 is 0 Å². The number of ether oxygens (including phenoxy) is 1. The van der Waals surface area contributed by atoms with Gasteiger partial charge in [-0.15, -0.1) is 0 Å². The molecule has 1 aliphatic carbocycles. The van der Waals surface area contributed by atoms with Crippen molar-refractivity contribution in [2.45, 2.75) is 44.7 Å². The Morgan fingerprint density at radius 2 is 1.81 bits per heavy atom. The monoisotopic (exact) mass is 444 g/mol. The van der Waals surface area contributed by atoms with E-state index in [0.717, 1.165) is 22.8 Å². The fourth-order valence-electron chi connectivity index (χ4n) is 4.57. The van der Waals surface area contributed by atoms with Crippen molar-refractivity contribution in [3.05, 3.63) is 65.0 Å². The lowest BCUT2D eigenvalue weighted by Gasteiger charge is -2.40. The minimum absolute atomic E-state index is 0. The second-order valence-corrected chi connectivity index (χ2v) is 8.99. The van der Waals surface area contributed by atoms with Crippen LogP contribution in [-0.2, 0) is 11.3 Å². The van der Waals surface area contributed by atoms with E-state index in [1.807, 2.05) is 12.1 Å². The summed E-state index contributed by atoms with van der Waals surface area (Å²) in [5.74, 6) is -0.190. The second-order valence-electron chi connectivity index (χ2n) is 8.99. The third-order valence-corrected chi connectivity index (χ3v) is 6.37. The molecule has 4 rings (SSSR count). The summed E-state index contributed by atoms with van der Waals surface area (Å²) in [6.45, 7) is 1.11. The fraction of sp³-hybridized carbons (Fsp3) is 0.400. The molecule has 0 atom stereocenters. The van der Waals surface area contributed by atoms with Gasteiger partial charge < -0.3 is 26.9 Å². The Hall–Kier alpha value is -2.37. The first kappa shape index (κ1) is 23.3. The van der Waals surface area contributed by atoms with Crippen LogP contribution in [0, 0.1) is 5.82 Å². The maximum atomic E-state index is 14.0. The number of anilines is 1. The molecule has 0 spiro atoms. The Labute approximate surface area is 190 Å². The Morgan fingerprint density at radius 3 is 2.52 bits per heavy atom. The third-order valence-electron chi connectivity index (χ3n) is 6.37. The smallest absolute Gasteiger partial charge is 0.255 e. The number of nitrogens with zero attached hydrogens (tertiary/aromatic N) is 1. The topological polar surface area (TPSA) is 38.3 Å². The van der Waals surface area contributed by atoms with E-state index in [1.165, 1.54) is 43.7 Å². The summed E-state index contributed by atoms with van der Waals surface area (Å²) in [6.07, 6.45) is 8.23. The summed E-state index contributed by atoms with van der Waals surface area (Å²) in [4.78, 5) is 12.6. The predicted molar refractivity (Wildman–Crippen MR) is 118 cm³/mol. The van der Waals surface area contributed by atoms with Gasteiger partial charge in [-0.25, -0.2) is 4.39 Å². The lowest BCUT2D eigenvalue weighted by atomic mass is 9.92. The molecule has 1 aliphatic heterocycles. The largest absolute Gasteiger partial charge is 1.00 e. The van der Waals surface area contributed by atoms with Gasteiger partial charge in [-0.3, -0.25) is 4.79 Å². The number of nitrogens with one attached hydrogen (secondary N) is 1. The van der Waals surface area contributed by atoms with Crippen LogP contribution in [0.3, 0.4) is 0 Å². The van der Waals surface area contributed by atoms with Gasteiger partial charge in [-0.2, -0.15) is 0 Å². The maximum absolute atomic E-state index is 14.0. The number of rotatable bonds is 5. The number of carbonyl (C=O) groups excluding carboxylic acids is 1. The molecule has 6 heteroatoms. The van der Waals surface area contributed by atoms with Gasteiger partial charge in [0.1, 0.15) is 24.7 Å². The van der Waals surface area contributed by atoms with E-state index in [4.69, 9.17) is 4.74 Å². The highest BCUT2D eigenvalue weighted by molar-refractivity contribution is 6.07. The number of benzene rings is 2. The molecule has 0 bridgehead atoms. The molecule has 1 N–H and O–H groups in total. The molecule has 0 unspecified atom stereocenters. The number of halogens is 2. The minimum Gasteiger partial charge on any atom is -1.00 e. The van der Waals surface area contributed by atoms with Gasteiger partial charge in [0.15, 0.2) is 0 Å². The predicted octanol–water partition coefficient (Wildman–Crippen LogP) is 2.15. The van der Waals surface area contributed by atoms with Crippen LogP contribution in [0.4, 0.5) is 10.1 Å². The quantitative estimate of drug-likeness (QED) is 0.718. The highest BCUT2D eigenvalue weighted by Crippen LogP contribution is 2.30. The van der Waals surface area contributed by atoms with Crippen LogP contribution in [0.25, 0.3) is 6.08 Å². The first-order valence-corrected chi connectivity index (χ1v) is 10.8. The molecule has 2 aliphatic rings. The molecule has 0 aromatic heterocycles. The SMILES string of the molecule is C[N+](C)(Cc1ccc(NC(=O)C2=Cc3c(F)cccc3OC2)cc1)C1CCCCC1.[Cl-]. The molecule has 166 valence electrons. The summed E-state index contributed by atoms with van der Waals surface area (Å²) in [6, 6.07) is 13.4. The summed E-state index contributed by atoms with van der Waals surface area (Å²) in [7, 11) is 4.64. The Kier molecular flexibility index (Phi) is 7.39. The minimum atomic E-state index is -0.388. The zero-order valence-corrected chi connectivity index (χ0v) is 18.9. The van der Waals surface area contributed by atoms with Gasteiger partial charge in [-0.05, 0) is 56.0 Å². The summed E-state index contributed by atoms with van der Waals surface area (Å²) in [5, 5.41) is 2.90. The average Bonchev–Trinajstić information content (AvgIpc) is 2.75. The van der Waals surface area contributed by atoms with Crippen LogP contribution in [0.5, 0.6) is 5.75 Å². The van der Waals surface area contributed by atoms with E-state index in [1.54, 1.807) is 18.2 Å². The number of quaternary nitrogens is 1. The van der Waals surface area contributed by atoms with Crippen LogP contribution in [0.2, 0.25) is 0 Å². The van der Waals surface area contributed by atoms with Crippen molar-refractivity contribution in [1.82, 2.24) is 0 Å². The highest BCUT2D eigenvalue weighted by Gasteiger charge is 2.29. The molecule has 0 radical (unpaired) electrons. The van der Waals surface area contributed by atoms with Crippen molar-refractivity contribution in [1.29, 1.82) is 0 Å². The van der Waals surface area contributed by atoms with E-state index in [0.29, 0.717) is 16.9 Å². The van der Waals surface area contributed by atoms with Crippen LogP contribution < -0.4 is 22.5 Å². The fourth-order valence-corrected chi connectivity index (χ4v) is 4.57. The van der Waals surface area contributed by atoms with Crippen LogP contribution in [-0.4, -0.2) is 37.1 Å². The number of hydrogen-bond donors (Lipinski definition) is 1. The van der Waals surface area contributed by atoms with Crippen molar-refractivity contribution in [2.75, 3.05) is 26.0 Å². The molecule has 2 aromatic rings. The number of amides is 1. The summed E-state index contributed by atoms with van der Waals surface area (Å²) in [5.41, 5.74) is 2.73. The average molecular weight is 445 g/mol. The van der Waals surface area contributed by atoms with E-state index in [2.05, 4.69) is 31.5 Å². The van der Waals surface area contributed by atoms with Crippen molar-refractivity contribution in [3.63, 3.8) is 0 Å². The van der Waals surface area contributed by atoms with E-state index < -0.39 is 0 Å². The Balaban J connectivity index is 0.00000272. The molecule has 1 saturated carbocycles. The van der Waals surface area contributed by atoms with Gasteiger partial charge in [0.25, 0.3) is 5.91 Å². The maximum Gasteiger partial charge on any atom is 0.255 e. The number of hydrogen-bond acceptors (Lipinski definition) is 2. The Bertz CT molecular complexity index is 950. The zero-order valence-electron chi connectivity index (χ0n) is 18.2. The molecule has 2 aromatic carbocycles. The first-order chi connectivity index (χ1) is 14.4. The van der Waals surface area contributed by atoms with Crippen molar-refractivity contribution in [2.24, 2.45) is 0 Å². The lowest BCUT2D eigenvalue weighted by molar-refractivity contribution is -0.929. The molecule has 31 heavy (non-hydrogen) atoms. The van der Waals surface area contributed by atoms with Crippen molar-refractivity contribution >= 4 is 17.7 Å². The van der Waals surface area contributed by atoms with E-state index in [9.17, 15) is 9.18 Å². The molecule has 1 heterocycles. The molecular weight excluding hydrogens is 415 g/mol. The van der Waals surface area contributed by atoms with Gasteiger partial charge >= 0.3 is 0 Å². The van der Waals surface area contributed by atoms with Crippen LogP contribution >= 0.6 is 0 Å². The van der Waals surface area contributed by atoms with Gasteiger partial charge in [0.05, 0.1) is 31.3 Å². The molecular formula is C25H30ClFN2O2. The molecule has 1 fully saturated rings. The molecule has 1 amide bonds. The first-order valence-electron chi connectivity index (χ1n) is 10.8. The third kappa shape index (κ3) is 5.46. The molecule has 0 saturated heterocycles.